The first-order valence-electron chi connectivity index (χ1n) is 6.29. The van der Waals surface area contributed by atoms with E-state index < -0.39 is 13.3 Å². The Hall–Kier alpha value is -0.277. The van der Waals surface area contributed by atoms with Gasteiger partial charge in [0.05, 0.1) is 0 Å². The van der Waals surface area contributed by atoms with Crippen molar-refractivity contribution in [1.29, 1.82) is 0 Å². The van der Waals surface area contributed by atoms with Gasteiger partial charge in [0.15, 0.2) is 0 Å². The van der Waals surface area contributed by atoms with Gasteiger partial charge >= 0.3 is 103 Å². The number of rotatable bonds is 5. The van der Waals surface area contributed by atoms with E-state index in [1.807, 2.05) is 0 Å². The molecule has 16 heavy (non-hydrogen) atoms. The molecule has 0 amide bonds. The SMILES string of the molecule is CCN(CC)[CH](c1ccccc1)[Ge]([CH3])([CH3])[CH3]. The monoisotopic (exact) mass is 281 g/mol. The van der Waals surface area contributed by atoms with Gasteiger partial charge in [-0.25, -0.2) is 0 Å². The third-order valence-electron chi connectivity index (χ3n) is 3.11. The maximum atomic E-state index is 2.62. The molecular formula is C14H25GeN. The summed E-state index contributed by atoms with van der Waals surface area (Å²) >= 11 is -1.72. The standard InChI is InChI=1S/C14H25GeN/c1-6-16(7-2)14(15(3,4)5)13-11-9-8-10-12-13/h8-12,14H,6-7H2,1-5H3. The van der Waals surface area contributed by atoms with Crippen LogP contribution in [0, 0.1) is 0 Å². The first-order valence-corrected chi connectivity index (χ1v) is 13.8. The second-order valence-corrected chi connectivity index (χ2v) is 16.5. The van der Waals surface area contributed by atoms with E-state index in [2.05, 4.69) is 66.3 Å². The van der Waals surface area contributed by atoms with Gasteiger partial charge in [-0.1, -0.05) is 0 Å². The molecule has 1 aromatic carbocycles. The third-order valence-corrected chi connectivity index (χ3v) is 8.02. The fourth-order valence-electron chi connectivity index (χ4n) is 2.48. The predicted molar refractivity (Wildman–Crippen MR) is 75.5 cm³/mol. The van der Waals surface area contributed by atoms with E-state index in [0.29, 0.717) is 4.87 Å². The topological polar surface area (TPSA) is 3.24 Å². The second kappa shape index (κ2) is 5.88. The van der Waals surface area contributed by atoms with Gasteiger partial charge in [-0.3, -0.25) is 0 Å². The zero-order valence-corrected chi connectivity index (χ0v) is 13.4. The van der Waals surface area contributed by atoms with Crippen LogP contribution in [0.4, 0.5) is 0 Å². The van der Waals surface area contributed by atoms with Gasteiger partial charge in [-0.15, -0.1) is 0 Å². The number of benzene rings is 1. The summed E-state index contributed by atoms with van der Waals surface area (Å²) in [4.78, 5) is 3.31. The molecule has 0 spiro atoms. The molecule has 2 heteroatoms. The molecule has 1 unspecified atom stereocenters. The van der Waals surface area contributed by atoms with Crippen molar-refractivity contribution in [3.05, 3.63) is 35.9 Å². The van der Waals surface area contributed by atoms with E-state index in [1.165, 1.54) is 5.56 Å². The molecule has 0 saturated heterocycles. The second-order valence-electron chi connectivity index (χ2n) is 5.40. The Bertz CT molecular complexity index is 298. The molecule has 1 nitrogen and oxygen atoms in total. The van der Waals surface area contributed by atoms with Gasteiger partial charge < -0.3 is 0 Å². The van der Waals surface area contributed by atoms with E-state index in [1.54, 1.807) is 0 Å². The van der Waals surface area contributed by atoms with Crippen LogP contribution >= 0.6 is 0 Å². The van der Waals surface area contributed by atoms with Gasteiger partial charge in [-0.05, 0) is 0 Å². The van der Waals surface area contributed by atoms with Crippen molar-refractivity contribution in [2.45, 2.75) is 36.0 Å². The fourth-order valence-corrected chi connectivity index (χ4v) is 8.05. The van der Waals surface area contributed by atoms with Gasteiger partial charge in [0.1, 0.15) is 0 Å². The molecule has 0 radical (unpaired) electrons. The Morgan fingerprint density at radius 3 is 1.88 bits per heavy atom. The molecular weight excluding hydrogens is 255 g/mol. The first-order chi connectivity index (χ1) is 7.50. The van der Waals surface area contributed by atoms with Crippen LogP contribution in [0.2, 0.25) is 17.3 Å². The molecule has 0 heterocycles. The van der Waals surface area contributed by atoms with Gasteiger partial charge in [0.2, 0.25) is 0 Å². The van der Waals surface area contributed by atoms with Crippen LogP contribution in [0.25, 0.3) is 0 Å². The van der Waals surface area contributed by atoms with Crippen molar-refractivity contribution < 1.29 is 0 Å². The Balaban J connectivity index is 3.06. The van der Waals surface area contributed by atoms with Gasteiger partial charge in [0, 0.05) is 0 Å². The summed E-state index contributed by atoms with van der Waals surface area (Å²) in [6.07, 6.45) is 0. The van der Waals surface area contributed by atoms with E-state index in [4.69, 9.17) is 0 Å². The quantitative estimate of drug-likeness (QED) is 0.738. The van der Waals surface area contributed by atoms with Gasteiger partial charge in [-0.2, -0.15) is 0 Å². The van der Waals surface area contributed by atoms with E-state index in [9.17, 15) is 0 Å². The average Bonchev–Trinajstić information content (AvgIpc) is 2.25. The first kappa shape index (κ1) is 13.8. The van der Waals surface area contributed by atoms with Crippen LogP contribution in [0.1, 0.15) is 24.3 Å². The van der Waals surface area contributed by atoms with Crippen LogP contribution < -0.4 is 0 Å². The maximum absolute atomic E-state index is 2.62. The fraction of sp³-hybridized carbons (Fsp3) is 0.571. The normalized spacial score (nSPS) is 14.1. The summed E-state index contributed by atoms with van der Waals surface area (Å²) in [7, 11) is 0. The molecule has 0 bridgehead atoms. The Morgan fingerprint density at radius 1 is 1.00 bits per heavy atom. The Labute approximate surface area is 103 Å². The summed E-state index contributed by atoms with van der Waals surface area (Å²) in [5, 5.41) is 0. The summed E-state index contributed by atoms with van der Waals surface area (Å²) in [5.41, 5.74) is 1.51. The van der Waals surface area contributed by atoms with Crippen LogP contribution in [-0.4, -0.2) is 31.3 Å². The molecule has 0 aromatic heterocycles. The molecule has 1 aromatic rings. The molecule has 0 fully saturated rings. The van der Waals surface area contributed by atoms with E-state index in [0.717, 1.165) is 13.1 Å². The molecule has 1 atom stereocenters. The number of hydrogen-bond donors (Lipinski definition) is 0. The molecule has 0 aliphatic rings. The van der Waals surface area contributed by atoms with Crippen molar-refractivity contribution in [2.24, 2.45) is 0 Å². The van der Waals surface area contributed by atoms with Crippen molar-refractivity contribution in [2.75, 3.05) is 13.1 Å². The summed E-state index contributed by atoms with van der Waals surface area (Å²) in [6, 6.07) is 11.0. The van der Waals surface area contributed by atoms with Crippen LogP contribution in [-0.2, 0) is 0 Å². The zero-order valence-electron chi connectivity index (χ0n) is 11.3. The minimum atomic E-state index is -1.72. The van der Waals surface area contributed by atoms with Gasteiger partial charge in [0.25, 0.3) is 0 Å². The van der Waals surface area contributed by atoms with E-state index in [-0.39, 0.29) is 0 Å². The van der Waals surface area contributed by atoms with Crippen molar-refractivity contribution in [1.82, 2.24) is 4.90 Å². The van der Waals surface area contributed by atoms with Crippen LogP contribution in [0.5, 0.6) is 0 Å². The molecule has 0 aliphatic heterocycles. The third kappa shape index (κ3) is 3.36. The minimum absolute atomic E-state index is 0.691. The molecule has 1 rings (SSSR count). The summed E-state index contributed by atoms with van der Waals surface area (Å²) < 4.78 is 0. The number of hydrogen-bond acceptors (Lipinski definition) is 1. The van der Waals surface area contributed by atoms with Crippen LogP contribution in [0.15, 0.2) is 30.3 Å². The predicted octanol–water partition coefficient (Wildman–Crippen LogP) is 3.95. The average molecular weight is 280 g/mol. The van der Waals surface area contributed by atoms with Crippen molar-refractivity contribution in [3.63, 3.8) is 0 Å². The molecule has 90 valence electrons. The van der Waals surface area contributed by atoms with Crippen molar-refractivity contribution in [3.8, 4) is 0 Å². The molecule has 0 aliphatic carbocycles. The summed E-state index contributed by atoms with van der Waals surface area (Å²) in [5.74, 6) is 7.53. The van der Waals surface area contributed by atoms with E-state index >= 15 is 0 Å². The van der Waals surface area contributed by atoms with Crippen molar-refractivity contribution >= 4 is 13.3 Å². The summed E-state index contributed by atoms with van der Waals surface area (Å²) in [6.45, 7) is 6.85. The Kier molecular flexibility index (Phi) is 5.06. The van der Waals surface area contributed by atoms with Crippen LogP contribution in [0.3, 0.4) is 0 Å². The Morgan fingerprint density at radius 2 is 1.50 bits per heavy atom. The molecule has 0 saturated carbocycles. The molecule has 0 N–H and O–H groups in total. The zero-order chi connectivity index (χ0) is 12.2. The number of nitrogens with zero attached hydrogens (tertiary/aromatic N) is 1.